The number of rotatable bonds is 4. The number of carbonyl (C=O) groups excluding carboxylic acids is 1. The van der Waals surface area contributed by atoms with E-state index in [1.807, 2.05) is 6.92 Å². The molecular weight excluding hydrogens is 206 g/mol. The van der Waals surface area contributed by atoms with Gasteiger partial charge in [0.2, 0.25) is 5.56 Å². The SMILES string of the molecule is CC(N)CCN(C)C(=O)c1cc[nH]c(=O)c1. The molecule has 1 amide bonds. The monoisotopic (exact) mass is 223 g/mol. The Morgan fingerprint density at radius 1 is 1.62 bits per heavy atom. The lowest BCUT2D eigenvalue weighted by Crippen LogP contribution is -2.31. The van der Waals surface area contributed by atoms with Crippen LogP contribution in [-0.2, 0) is 0 Å². The van der Waals surface area contributed by atoms with Gasteiger partial charge in [-0.2, -0.15) is 0 Å². The number of carbonyl (C=O) groups is 1. The predicted molar refractivity (Wildman–Crippen MR) is 62.3 cm³/mol. The van der Waals surface area contributed by atoms with Gasteiger partial charge in [-0.25, -0.2) is 0 Å². The van der Waals surface area contributed by atoms with E-state index in [-0.39, 0.29) is 17.5 Å². The normalized spacial score (nSPS) is 12.2. The molecule has 1 aromatic heterocycles. The summed E-state index contributed by atoms with van der Waals surface area (Å²) in [4.78, 5) is 26.9. The molecule has 0 aliphatic rings. The molecule has 1 heterocycles. The number of hydrogen-bond acceptors (Lipinski definition) is 3. The number of H-pyrrole nitrogens is 1. The fraction of sp³-hybridized carbons (Fsp3) is 0.455. The Balaban J connectivity index is 2.67. The first-order chi connectivity index (χ1) is 7.50. The molecule has 5 nitrogen and oxygen atoms in total. The molecule has 0 aliphatic carbocycles. The molecule has 16 heavy (non-hydrogen) atoms. The highest BCUT2D eigenvalue weighted by Crippen LogP contribution is 2.01. The molecule has 0 fully saturated rings. The zero-order valence-electron chi connectivity index (χ0n) is 9.56. The molecule has 0 saturated heterocycles. The molecule has 0 spiro atoms. The van der Waals surface area contributed by atoms with Crippen LogP contribution < -0.4 is 11.3 Å². The number of aromatic amines is 1. The second kappa shape index (κ2) is 5.46. The Kier molecular flexibility index (Phi) is 4.25. The van der Waals surface area contributed by atoms with Gasteiger partial charge in [0.25, 0.3) is 5.91 Å². The van der Waals surface area contributed by atoms with Gasteiger partial charge in [-0.3, -0.25) is 9.59 Å². The van der Waals surface area contributed by atoms with Gasteiger partial charge < -0.3 is 15.6 Å². The van der Waals surface area contributed by atoms with Crippen LogP contribution in [0.5, 0.6) is 0 Å². The Bertz CT molecular complexity index is 412. The number of pyridine rings is 1. The largest absolute Gasteiger partial charge is 0.342 e. The molecule has 0 radical (unpaired) electrons. The van der Waals surface area contributed by atoms with Crippen molar-refractivity contribution in [2.45, 2.75) is 19.4 Å². The Labute approximate surface area is 94.3 Å². The predicted octanol–water partition coefficient (Wildman–Crippen LogP) is 0.184. The maximum Gasteiger partial charge on any atom is 0.253 e. The first kappa shape index (κ1) is 12.4. The van der Waals surface area contributed by atoms with Gasteiger partial charge >= 0.3 is 0 Å². The standard InChI is InChI=1S/C11H17N3O2/c1-8(12)4-6-14(2)11(16)9-3-5-13-10(15)7-9/h3,5,7-8H,4,6,12H2,1-2H3,(H,13,15). The Morgan fingerprint density at radius 2 is 2.31 bits per heavy atom. The maximum atomic E-state index is 11.8. The van der Waals surface area contributed by atoms with Crippen molar-refractivity contribution in [3.63, 3.8) is 0 Å². The van der Waals surface area contributed by atoms with E-state index < -0.39 is 0 Å². The average molecular weight is 223 g/mol. The van der Waals surface area contributed by atoms with Gasteiger partial charge in [-0.1, -0.05) is 0 Å². The molecule has 0 aromatic carbocycles. The van der Waals surface area contributed by atoms with Crippen molar-refractivity contribution in [3.05, 3.63) is 34.2 Å². The summed E-state index contributed by atoms with van der Waals surface area (Å²) in [5.74, 6) is -0.160. The van der Waals surface area contributed by atoms with Crippen LogP contribution in [-0.4, -0.2) is 35.4 Å². The summed E-state index contributed by atoms with van der Waals surface area (Å²) in [6.07, 6.45) is 2.21. The van der Waals surface area contributed by atoms with Gasteiger partial charge in [0, 0.05) is 37.5 Å². The second-order valence-corrected chi connectivity index (χ2v) is 3.93. The smallest absolute Gasteiger partial charge is 0.253 e. The molecule has 1 aromatic rings. The number of hydrogen-bond donors (Lipinski definition) is 2. The quantitative estimate of drug-likeness (QED) is 0.764. The van der Waals surface area contributed by atoms with Crippen molar-refractivity contribution < 1.29 is 4.79 Å². The summed E-state index contributed by atoms with van der Waals surface area (Å²) in [6.45, 7) is 2.48. The molecule has 0 saturated carbocycles. The number of nitrogens with zero attached hydrogens (tertiary/aromatic N) is 1. The van der Waals surface area contributed by atoms with E-state index >= 15 is 0 Å². The summed E-state index contributed by atoms with van der Waals surface area (Å²) < 4.78 is 0. The minimum absolute atomic E-state index is 0.0643. The van der Waals surface area contributed by atoms with E-state index in [0.29, 0.717) is 12.1 Å². The maximum absolute atomic E-state index is 11.8. The fourth-order valence-electron chi connectivity index (χ4n) is 1.30. The molecule has 1 rings (SSSR count). The Morgan fingerprint density at radius 3 is 2.88 bits per heavy atom. The average Bonchev–Trinajstić information content (AvgIpc) is 2.24. The van der Waals surface area contributed by atoms with Crippen molar-refractivity contribution in [2.24, 2.45) is 5.73 Å². The van der Waals surface area contributed by atoms with Crippen LogP contribution in [0.25, 0.3) is 0 Å². The third kappa shape index (κ3) is 3.51. The molecule has 88 valence electrons. The van der Waals surface area contributed by atoms with E-state index in [4.69, 9.17) is 5.73 Å². The van der Waals surface area contributed by atoms with Crippen molar-refractivity contribution in [2.75, 3.05) is 13.6 Å². The third-order valence-corrected chi connectivity index (χ3v) is 2.29. The zero-order chi connectivity index (χ0) is 12.1. The van der Waals surface area contributed by atoms with E-state index in [0.717, 1.165) is 6.42 Å². The van der Waals surface area contributed by atoms with Crippen LogP contribution in [0.15, 0.2) is 23.1 Å². The number of aromatic nitrogens is 1. The van der Waals surface area contributed by atoms with Crippen LogP contribution in [0, 0.1) is 0 Å². The summed E-state index contributed by atoms with van der Waals surface area (Å²) in [7, 11) is 1.70. The molecule has 3 N–H and O–H groups in total. The molecule has 0 bridgehead atoms. The highest BCUT2D eigenvalue weighted by atomic mass is 16.2. The minimum Gasteiger partial charge on any atom is -0.342 e. The summed E-state index contributed by atoms with van der Waals surface area (Å²) in [5.41, 5.74) is 5.74. The number of nitrogens with one attached hydrogen (secondary N) is 1. The van der Waals surface area contributed by atoms with Gasteiger partial charge in [0.05, 0.1) is 0 Å². The molecule has 5 heteroatoms. The van der Waals surface area contributed by atoms with Gasteiger partial charge in [0.1, 0.15) is 0 Å². The van der Waals surface area contributed by atoms with Crippen molar-refractivity contribution in [3.8, 4) is 0 Å². The van der Waals surface area contributed by atoms with E-state index in [1.54, 1.807) is 18.0 Å². The summed E-state index contributed by atoms with van der Waals surface area (Å²) in [5, 5.41) is 0. The van der Waals surface area contributed by atoms with E-state index in [1.165, 1.54) is 12.3 Å². The van der Waals surface area contributed by atoms with E-state index in [9.17, 15) is 9.59 Å². The molecule has 1 unspecified atom stereocenters. The number of nitrogens with two attached hydrogens (primary N) is 1. The van der Waals surface area contributed by atoms with Gasteiger partial charge in [0.15, 0.2) is 0 Å². The minimum atomic E-state index is -0.272. The second-order valence-electron chi connectivity index (χ2n) is 3.93. The Hall–Kier alpha value is -1.62. The molecule has 0 aliphatic heterocycles. The topological polar surface area (TPSA) is 79.2 Å². The van der Waals surface area contributed by atoms with E-state index in [2.05, 4.69) is 4.98 Å². The van der Waals surface area contributed by atoms with Crippen molar-refractivity contribution >= 4 is 5.91 Å². The van der Waals surface area contributed by atoms with Crippen LogP contribution in [0.1, 0.15) is 23.7 Å². The van der Waals surface area contributed by atoms with Crippen LogP contribution in [0.2, 0.25) is 0 Å². The van der Waals surface area contributed by atoms with Crippen LogP contribution in [0.4, 0.5) is 0 Å². The first-order valence-electron chi connectivity index (χ1n) is 5.20. The lowest BCUT2D eigenvalue weighted by atomic mass is 10.2. The van der Waals surface area contributed by atoms with Gasteiger partial charge in [-0.05, 0) is 19.4 Å². The lowest BCUT2D eigenvalue weighted by Gasteiger charge is -2.18. The summed E-state index contributed by atoms with van der Waals surface area (Å²) in [6, 6.07) is 2.95. The molecule has 1 atom stereocenters. The summed E-state index contributed by atoms with van der Waals surface area (Å²) >= 11 is 0. The van der Waals surface area contributed by atoms with Crippen LogP contribution in [0.3, 0.4) is 0 Å². The number of amides is 1. The highest BCUT2D eigenvalue weighted by molar-refractivity contribution is 5.93. The highest BCUT2D eigenvalue weighted by Gasteiger charge is 2.11. The first-order valence-corrected chi connectivity index (χ1v) is 5.20. The van der Waals surface area contributed by atoms with Crippen LogP contribution >= 0.6 is 0 Å². The lowest BCUT2D eigenvalue weighted by molar-refractivity contribution is 0.0791. The fourth-order valence-corrected chi connectivity index (χ4v) is 1.30. The zero-order valence-corrected chi connectivity index (χ0v) is 9.56. The molecular formula is C11H17N3O2. The van der Waals surface area contributed by atoms with Gasteiger partial charge in [-0.15, -0.1) is 0 Å². The van der Waals surface area contributed by atoms with Crippen molar-refractivity contribution in [1.29, 1.82) is 0 Å². The van der Waals surface area contributed by atoms with Crippen molar-refractivity contribution in [1.82, 2.24) is 9.88 Å². The third-order valence-electron chi connectivity index (χ3n) is 2.29.